The van der Waals surface area contributed by atoms with Crippen LogP contribution in [0.3, 0.4) is 0 Å². The second-order valence-corrected chi connectivity index (χ2v) is 5.99. The summed E-state index contributed by atoms with van der Waals surface area (Å²) in [5.41, 5.74) is 4.45. The molecule has 1 saturated heterocycles. The minimum atomic E-state index is 0.453. The summed E-state index contributed by atoms with van der Waals surface area (Å²) in [5, 5.41) is 3.46. The molecule has 2 heterocycles. The fraction of sp³-hybridized carbons (Fsp3) is 0.647. The van der Waals surface area contributed by atoms with Gasteiger partial charge in [-0.25, -0.2) is 0 Å². The molecule has 0 radical (unpaired) electrons. The van der Waals surface area contributed by atoms with Gasteiger partial charge >= 0.3 is 0 Å². The average Bonchev–Trinajstić information content (AvgIpc) is 2.99. The number of nitrogens with one attached hydrogen (secondary N) is 1. The van der Waals surface area contributed by atoms with E-state index in [4.69, 9.17) is 4.74 Å². The maximum atomic E-state index is 5.76. The normalized spacial score (nSPS) is 22.2. The molecule has 110 valence electrons. The zero-order valence-corrected chi connectivity index (χ0v) is 12.5. The summed E-state index contributed by atoms with van der Waals surface area (Å²) < 4.78 is 5.76. The van der Waals surface area contributed by atoms with Crippen molar-refractivity contribution in [3.8, 4) is 0 Å². The van der Waals surface area contributed by atoms with Gasteiger partial charge in [0.1, 0.15) is 0 Å². The van der Waals surface area contributed by atoms with Crippen molar-refractivity contribution in [1.82, 2.24) is 10.2 Å². The first kappa shape index (κ1) is 14.1. The second-order valence-electron chi connectivity index (χ2n) is 5.99. The highest BCUT2D eigenvalue weighted by Gasteiger charge is 2.19. The molecule has 20 heavy (non-hydrogen) atoms. The van der Waals surface area contributed by atoms with Crippen LogP contribution >= 0.6 is 0 Å². The molecular formula is C17H26N2O. The Morgan fingerprint density at radius 2 is 2.30 bits per heavy atom. The fourth-order valence-corrected chi connectivity index (χ4v) is 3.27. The van der Waals surface area contributed by atoms with E-state index in [1.54, 1.807) is 0 Å². The summed E-state index contributed by atoms with van der Waals surface area (Å²) in [6, 6.07) is 7.02. The van der Waals surface area contributed by atoms with Crippen LogP contribution in [0.5, 0.6) is 0 Å². The van der Waals surface area contributed by atoms with E-state index in [1.807, 2.05) is 0 Å². The van der Waals surface area contributed by atoms with Gasteiger partial charge < -0.3 is 10.1 Å². The Hall–Kier alpha value is -0.900. The largest absolute Gasteiger partial charge is 0.377 e. The first-order valence-electron chi connectivity index (χ1n) is 8.00. The molecule has 0 aromatic heterocycles. The van der Waals surface area contributed by atoms with Crippen LogP contribution in [0.1, 0.15) is 36.5 Å². The maximum Gasteiger partial charge on any atom is 0.0702 e. The number of fused-ring (bicyclic) bond motifs is 1. The summed E-state index contributed by atoms with van der Waals surface area (Å²) in [7, 11) is 0. The summed E-state index contributed by atoms with van der Waals surface area (Å²) in [4.78, 5) is 2.51. The quantitative estimate of drug-likeness (QED) is 0.892. The lowest BCUT2D eigenvalue weighted by atomic mass is 9.98. The van der Waals surface area contributed by atoms with E-state index in [2.05, 4.69) is 35.3 Å². The second kappa shape index (κ2) is 6.70. The number of likely N-dealkylation sites (N-methyl/N-ethyl adjacent to an activating group) is 1. The van der Waals surface area contributed by atoms with Crippen LogP contribution in [0.2, 0.25) is 0 Å². The number of hydrogen-bond acceptors (Lipinski definition) is 3. The van der Waals surface area contributed by atoms with Crippen LogP contribution in [-0.4, -0.2) is 37.2 Å². The predicted octanol–water partition coefficient (Wildman–Crippen LogP) is 2.33. The average molecular weight is 274 g/mol. The fourth-order valence-electron chi connectivity index (χ4n) is 3.27. The van der Waals surface area contributed by atoms with Crippen molar-refractivity contribution in [2.75, 3.05) is 26.2 Å². The maximum absolute atomic E-state index is 5.76. The first-order chi connectivity index (χ1) is 9.85. The van der Waals surface area contributed by atoms with E-state index in [9.17, 15) is 0 Å². The Kier molecular flexibility index (Phi) is 4.71. The monoisotopic (exact) mass is 274 g/mol. The van der Waals surface area contributed by atoms with Gasteiger partial charge in [-0.1, -0.05) is 25.1 Å². The predicted molar refractivity (Wildman–Crippen MR) is 81.8 cm³/mol. The highest BCUT2D eigenvalue weighted by atomic mass is 16.5. The Balaban J connectivity index is 1.62. The molecule has 3 rings (SSSR count). The topological polar surface area (TPSA) is 24.5 Å². The lowest BCUT2D eigenvalue weighted by molar-refractivity contribution is 0.0725. The van der Waals surface area contributed by atoms with Crippen molar-refractivity contribution in [2.45, 2.75) is 45.4 Å². The molecule has 1 aromatic rings. The third kappa shape index (κ3) is 3.40. The van der Waals surface area contributed by atoms with E-state index < -0.39 is 0 Å². The van der Waals surface area contributed by atoms with E-state index in [-0.39, 0.29) is 0 Å². The third-order valence-electron chi connectivity index (χ3n) is 4.50. The van der Waals surface area contributed by atoms with Gasteiger partial charge in [-0.3, -0.25) is 4.90 Å². The Morgan fingerprint density at radius 3 is 3.10 bits per heavy atom. The van der Waals surface area contributed by atoms with Crippen LogP contribution in [-0.2, 0) is 24.2 Å². The standard InChI is InChI=1S/C17H26N2O/c1-2-19(13-17-4-3-9-20-17)12-14-5-6-15-7-8-18-11-16(15)10-14/h5-6,10,17-18H,2-4,7-9,11-13H2,1H3. The van der Waals surface area contributed by atoms with Crippen molar-refractivity contribution in [3.63, 3.8) is 0 Å². The van der Waals surface area contributed by atoms with Gasteiger partial charge in [-0.05, 0) is 49.0 Å². The molecule has 0 spiro atoms. The van der Waals surface area contributed by atoms with Crippen LogP contribution in [0.15, 0.2) is 18.2 Å². The summed E-state index contributed by atoms with van der Waals surface area (Å²) >= 11 is 0. The number of benzene rings is 1. The number of nitrogens with zero attached hydrogens (tertiary/aromatic N) is 1. The zero-order chi connectivity index (χ0) is 13.8. The third-order valence-corrected chi connectivity index (χ3v) is 4.50. The molecular weight excluding hydrogens is 248 g/mol. The van der Waals surface area contributed by atoms with Crippen molar-refractivity contribution in [1.29, 1.82) is 0 Å². The molecule has 0 aliphatic carbocycles. The van der Waals surface area contributed by atoms with E-state index in [0.29, 0.717) is 6.10 Å². The molecule has 1 fully saturated rings. The SMILES string of the molecule is CCN(Cc1ccc2c(c1)CNCC2)CC1CCCO1. The van der Waals surface area contributed by atoms with Gasteiger partial charge in [0.25, 0.3) is 0 Å². The van der Waals surface area contributed by atoms with Gasteiger partial charge in [0.2, 0.25) is 0 Å². The van der Waals surface area contributed by atoms with Crippen LogP contribution < -0.4 is 5.32 Å². The van der Waals surface area contributed by atoms with Gasteiger partial charge in [0, 0.05) is 26.2 Å². The highest BCUT2D eigenvalue weighted by Crippen LogP contribution is 2.18. The van der Waals surface area contributed by atoms with Crippen molar-refractivity contribution >= 4 is 0 Å². The van der Waals surface area contributed by atoms with Crippen LogP contribution in [0.4, 0.5) is 0 Å². The highest BCUT2D eigenvalue weighted by molar-refractivity contribution is 5.33. The van der Waals surface area contributed by atoms with E-state index in [0.717, 1.165) is 39.3 Å². The van der Waals surface area contributed by atoms with E-state index >= 15 is 0 Å². The molecule has 1 aromatic carbocycles. The molecule has 1 atom stereocenters. The molecule has 1 unspecified atom stereocenters. The summed E-state index contributed by atoms with van der Waals surface area (Å²) in [6.07, 6.45) is 4.08. The zero-order valence-electron chi connectivity index (χ0n) is 12.5. The van der Waals surface area contributed by atoms with Gasteiger partial charge in [-0.15, -0.1) is 0 Å². The van der Waals surface area contributed by atoms with Gasteiger partial charge in [0.05, 0.1) is 6.10 Å². The Labute approximate surface area is 122 Å². The summed E-state index contributed by atoms with van der Waals surface area (Å²) in [5.74, 6) is 0. The Bertz CT molecular complexity index is 441. The van der Waals surface area contributed by atoms with Crippen LogP contribution in [0.25, 0.3) is 0 Å². The molecule has 3 heteroatoms. The summed E-state index contributed by atoms with van der Waals surface area (Å²) in [6.45, 7) is 8.56. The first-order valence-corrected chi connectivity index (χ1v) is 8.00. The van der Waals surface area contributed by atoms with E-state index in [1.165, 1.54) is 36.0 Å². The smallest absolute Gasteiger partial charge is 0.0702 e. The lowest BCUT2D eigenvalue weighted by Crippen LogP contribution is -2.32. The van der Waals surface area contributed by atoms with Crippen molar-refractivity contribution in [2.24, 2.45) is 0 Å². The van der Waals surface area contributed by atoms with Crippen LogP contribution in [0, 0.1) is 0 Å². The number of ether oxygens (including phenoxy) is 1. The lowest BCUT2D eigenvalue weighted by Gasteiger charge is -2.25. The number of hydrogen-bond donors (Lipinski definition) is 1. The Morgan fingerprint density at radius 1 is 1.35 bits per heavy atom. The molecule has 3 nitrogen and oxygen atoms in total. The molecule has 0 amide bonds. The van der Waals surface area contributed by atoms with Crippen molar-refractivity contribution in [3.05, 3.63) is 34.9 Å². The minimum absolute atomic E-state index is 0.453. The van der Waals surface area contributed by atoms with Crippen molar-refractivity contribution < 1.29 is 4.74 Å². The molecule has 0 bridgehead atoms. The molecule has 0 saturated carbocycles. The molecule has 1 N–H and O–H groups in total. The minimum Gasteiger partial charge on any atom is -0.377 e. The molecule has 2 aliphatic heterocycles. The molecule has 2 aliphatic rings. The van der Waals surface area contributed by atoms with Gasteiger partial charge in [0.15, 0.2) is 0 Å². The van der Waals surface area contributed by atoms with Gasteiger partial charge in [-0.2, -0.15) is 0 Å². The number of rotatable bonds is 5.